The van der Waals surface area contributed by atoms with E-state index in [1.54, 1.807) is 21.1 Å². The molecule has 2 unspecified atom stereocenters. The van der Waals surface area contributed by atoms with Crippen LogP contribution in [0.3, 0.4) is 0 Å². The number of rotatable bonds is 34. The van der Waals surface area contributed by atoms with Crippen molar-refractivity contribution in [3.63, 3.8) is 0 Å². The zero-order valence-electron chi connectivity index (χ0n) is 33.4. The highest BCUT2D eigenvalue weighted by atomic mass is 16.6. The van der Waals surface area contributed by atoms with Crippen LogP contribution in [0.5, 0.6) is 0 Å². The quantitative estimate of drug-likeness (QED) is 0.0282. The first kappa shape index (κ1) is 48.8. The maximum Gasteiger partial charge on any atom is 0.306 e. The Morgan fingerprint density at radius 1 is 0.596 bits per heavy atom. The molecule has 0 amide bonds. The summed E-state index contributed by atoms with van der Waals surface area (Å²) in [6, 6.07) is -0.738. The van der Waals surface area contributed by atoms with Gasteiger partial charge in [-0.05, 0) is 70.6 Å². The number of esters is 2. The molecule has 0 bridgehead atoms. The van der Waals surface area contributed by atoms with E-state index in [0.717, 1.165) is 70.6 Å². The number of allylic oxidation sites excluding steroid dienone is 12. The van der Waals surface area contributed by atoms with E-state index in [2.05, 4.69) is 74.6 Å². The molecule has 0 saturated heterocycles. The van der Waals surface area contributed by atoms with Crippen LogP contribution in [-0.2, 0) is 28.6 Å². The van der Waals surface area contributed by atoms with E-state index in [9.17, 15) is 19.5 Å². The summed E-state index contributed by atoms with van der Waals surface area (Å²) in [7, 11) is 5.36. The van der Waals surface area contributed by atoms with Crippen molar-refractivity contribution in [2.24, 2.45) is 0 Å². The van der Waals surface area contributed by atoms with Gasteiger partial charge in [-0.15, -0.1) is 0 Å². The second-order valence-corrected chi connectivity index (χ2v) is 14.1. The van der Waals surface area contributed by atoms with Crippen LogP contribution in [0.1, 0.15) is 136 Å². The molecule has 0 aromatic heterocycles. The first-order valence-electron chi connectivity index (χ1n) is 20.0. The fourth-order valence-electron chi connectivity index (χ4n) is 5.23. The van der Waals surface area contributed by atoms with Crippen molar-refractivity contribution in [3.05, 3.63) is 72.9 Å². The third-order valence-electron chi connectivity index (χ3n) is 8.34. The summed E-state index contributed by atoms with van der Waals surface area (Å²) in [4.78, 5) is 36.5. The van der Waals surface area contributed by atoms with Gasteiger partial charge >= 0.3 is 11.9 Å². The smallest absolute Gasteiger partial charge is 0.306 e. The average molecular weight is 728 g/mol. The van der Waals surface area contributed by atoms with Crippen molar-refractivity contribution in [2.75, 3.05) is 41.0 Å². The van der Waals surface area contributed by atoms with Gasteiger partial charge in [-0.25, -0.2) is 0 Å². The molecule has 0 N–H and O–H groups in total. The monoisotopic (exact) mass is 728 g/mol. The molecule has 0 aliphatic heterocycles. The number of ether oxygens (including phenoxy) is 3. The number of carboxylic acid groups (broad SMARTS) is 1. The van der Waals surface area contributed by atoms with Crippen LogP contribution < -0.4 is 5.11 Å². The number of quaternary nitrogens is 1. The summed E-state index contributed by atoms with van der Waals surface area (Å²) in [5.41, 5.74) is 0. The van der Waals surface area contributed by atoms with Crippen molar-refractivity contribution in [1.29, 1.82) is 0 Å². The van der Waals surface area contributed by atoms with Crippen LogP contribution in [0, 0.1) is 0 Å². The molecule has 0 aromatic carbocycles. The molecule has 2 atom stereocenters. The van der Waals surface area contributed by atoms with E-state index < -0.39 is 18.1 Å². The number of carboxylic acids is 1. The van der Waals surface area contributed by atoms with Crippen molar-refractivity contribution >= 4 is 17.9 Å². The summed E-state index contributed by atoms with van der Waals surface area (Å²) < 4.78 is 16.9. The average Bonchev–Trinajstić information content (AvgIpc) is 3.09. The number of carbonyl (C=O) groups excluding carboxylic acids is 3. The minimum Gasteiger partial charge on any atom is -0.544 e. The summed E-state index contributed by atoms with van der Waals surface area (Å²) in [6.45, 7) is 4.37. The molecule has 0 aliphatic carbocycles. The molecule has 0 aromatic rings. The molecule has 0 heterocycles. The second-order valence-electron chi connectivity index (χ2n) is 14.1. The van der Waals surface area contributed by atoms with E-state index in [-0.39, 0.29) is 55.5 Å². The van der Waals surface area contributed by atoms with Crippen molar-refractivity contribution in [2.45, 2.75) is 148 Å². The number of aliphatic carboxylic acids is 1. The number of nitrogens with zero attached hydrogens (tertiary/aromatic N) is 1. The van der Waals surface area contributed by atoms with Gasteiger partial charge in [-0.1, -0.05) is 119 Å². The minimum atomic E-state index is -1.14. The Labute approximate surface area is 317 Å². The summed E-state index contributed by atoms with van der Waals surface area (Å²) in [6.07, 6.45) is 42.5. The van der Waals surface area contributed by atoms with Crippen LogP contribution >= 0.6 is 0 Å². The van der Waals surface area contributed by atoms with Gasteiger partial charge in [0, 0.05) is 19.3 Å². The summed E-state index contributed by atoms with van der Waals surface area (Å²) in [5.74, 6) is -1.87. The van der Waals surface area contributed by atoms with Gasteiger partial charge in [0.1, 0.15) is 12.6 Å². The fourth-order valence-corrected chi connectivity index (χ4v) is 5.23. The lowest BCUT2D eigenvalue weighted by Crippen LogP contribution is -2.55. The normalized spacial score (nSPS) is 13.8. The van der Waals surface area contributed by atoms with Crippen molar-refractivity contribution < 1.29 is 38.2 Å². The lowest BCUT2D eigenvalue weighted by molar-refractivity contribution is -0.889. The number of carbonyl (C=O) groups is 3. The Bertz CT molecular complexity index is 1080. The molecule has 0 rings (SSSR count). The zero-order chi connectivity index (χ0) is 38.5. The largest absolute Gasteiger partial charge is 0.544 e. The first-order chi connectivity index (χ1) is 25.1. The molecule has 0 fully saturated rings. The number of hydrogen-bond acceptors (Lipinski definition) is 7. The third-order valence-corrected chi connectivity index (χ3v) is 8.34. The standard InChI is InChI=1S/C44H73NO7/c1-6-8-10-12-14-15-16-17-18-19-20-21-22-23-24-25-26-27-29-31-33-35-43(47)52-40(38-50-37-36-41(44(48)49)45(3,4)5)39-51-42(46)34-32-30-28-13-11-9-7-2/h9,11,14-15,17-18,20-21,23-24,28,30,40-41H,6-8,10,12-13,16,19,22,25-27,29,31-39H2,1-5H3/b11-9+,15-14+,18-17+,21-20+,24-23+,30-28+. The fraction of sp³-hybridized carbons (Fsp3) is 0.659. The molecular weight excluding hydrogens is 654 g/mol. The first-order valence-corrected chi connectivity index (χ1v) is 20.0. The predicted molar refractivity (Wildman–Crippen MR) is 212 cm³/mol. The maximum absolute atomic E-state index is 12.6. The van der Waals surface area contributed by atoms with E-state index >= 15 is 0 Å². The van der Waals surface area contributed by atoms with Gasteiger partial charge in [-0.2, -0.15) is 0 Å². The molecule has 8 nitrogen and oxygen atoms in total. The van der Waals surface area contributed by atoms with Gasteiger partial charge in [0.15, 0.2) is 6.10 Å². The second kappa shape index (κ2) is 34.8. The Balaban J connectivity index is 4.37. The number of likely N-dealkylation sites (N-methyl/N-ethyl adjacent to an activating group) is 1. The van der Waals surface area contributed by atoms with Gasteiger partial charge in [0.2, 0.25) is 0 Å². The Hall–Kier alpha value is -3.23. The van der Waals surface area contributed by atoms with Gasteiger partial charge in [0.05, 0.1) is 40.3 Å². The summed E-state index contributed by atoms with van der Waals surface area (Å²) >= 11 is 0. The van der Waals surface area contributed by atoms with Gasteiger partial charge in [-0.3, -0.25) is 9.59 Å². The summed E-state index contributed by atoms with van der Waals surface area (Å²) in [5, 5.41) is 11.6. The third kappa shape index (κ3) is 32.7. The molecular formula is C44H73NO7. The lowest BCUT2D eigenvalue weighted by Gasteiger charge is -2.34. The van der Waals surface area contributed by atoms with Crippen LogP contribution in [-0.4, -0.2) is 75.5 Å². The van der Waals surface area contributed by atoms with Crippen molar-refractivity contribution in [1.82, 2.24) is 0 Å². The molecule has 0 spiro atoms. The van der Waals surface area contributed by atoms with E-state index in [1.807, 2.05) is 12.2 Å². The van der Waals surface area contributed by atoms with E-state index in [4.69, 9.17) is 14.2 Å². The molecule has 0 radical (unpaired) electrons. The van der Waals surface area contributed by atoms with Crippen molar-refractivity contribution in [3.8, 4) is 0 Å². The number of hydrogen-bond donors (Lipinski definition) is 0. The SMILES string of the molecule is CC/C=C/C/C=C/CCC(=O)OCC(COCCC(C(=O)[O-])[N+](C)(C)C)OC(=O)CCCCCCC/C=C/C/C=C/C/C=C/C/C=C/CCCCC. The molecule has 52 heavy (non-hydrogen) atoms. The molecule has 8 heteroatoms. The topological polar surface area (TPSA) is 102 Å². The van der Waals surface area contributed by atoms with Gasteiger partial charge < -0.3 is 28.6 Å². The Morgan fingerprint density at radius 3 is 1.67 bits per heavy atom. The van der Waals surface area contributed by atoms with E-state index in [0.29, 0.717) is 6.42 Å². The molecule has 0 saturated carbocycles. The minimum absolute atomic E-state index is 0.0110. The number of unbranched alkanes of at least 4 members (excludes halogenated alkanes) is 8. The maximum atomic E-state index is 12.6. The predicted octanol–water partition coefficient (Wildman–Crippen LogP) is 9.07. The highest BCUT2D eigenvalue weighted by Gasteiger charge is 2.25. The lowest BCUT2D eigenvalue weighted by atomic mass is 10.1. The molecule has 296 valence electrons. The zero-order valence-corrected chi connectivity index (χ0v) is 33.4. The van der Waals surface area contributed by atoms with Crippen LogP contribution in [0.25, 0.3) is 0 Å². The van der Waals surface area contributed by atoms with Crippen LogP contribution in [0.15, 0.2) is 72.9 Å². The van der Waals surface area contributed by atoms with Gasteiger partial charge in [0.25, 0.3) is 0 Å². The molecule has 0 aliphatic rings. The highest BCUT2D eigenvalue weighted by molar-refractivity contribution is 5.70. The van der Waals surface area contributed by atoms with Crippen LogP contribution in [0.2, 0.25) is 0 Å². The highest BCUT2D eigenvalue weighted by Crippen LogP contribution is 2.11. The van der Waals surface area contributed by atoms with Crippen LogP contribution in [0.4, 0.5) is 0 Å². The Morgan fingerprint density at radius 2 is 1.12 bits per heavy atom. The Kier molecular flexibility index (Phi) is 32.7. The van der Waals surface area contributed by atoms with E-state index in [1.165, 1.54) is 25.7 Å².